The summed E-state index contributed by atoms with van der Waals surface area (Å²) in [5.74, 6) is 0. The van der Waals surface area contributed by atoms with Crippen LogP contribution in [0.25, 0.3) is 0 Å². The van der Waals surface area contributed by atoms with E-state index in [1.165, 1.54) is 0 Å². The second-order valence-electron chi connectivity index (χ2n) is 3.10. The normalized spacial score (nSPS) is 9.86. The van der Waals surface area contributed by atoms with E-state index in [9.17, 15) is 4.79 Å². The quantitative estimate of drug-likeness (QED) is 0.401. The average Bonchev–Trinajstić information content (AvgIpc) is 2.19. The molecule has 0 heterocycles. The Morgan fingerprint density at radius 1 is 0.857 bits per heavy atom. The Morgan fingerprint density at radius 2 is 1.29 bits per heavy atom. The zero-order chi connectivity index (χ0) is 10.6. The van der Waals surface area contributed by atoms with Crippen LogP contribution in [-0.4, -0.2) is 46.3 Å². The molecule has 0 atom stereocenters. The van der Waals surface area contributed by atoms with Gasteiger partial charge < -0.3 is 21.3 Å². The van der Waals surface area contributed by atoms with Gasteiger partial charge in [0.1, 0.15) is 0 Å². The third kappa shape index (κ3) is 9.28. The van der Waals surface area contributed by atoms with Gasteiger partial charge in [-0.2, -0.15) is 0 Å². The summed E-state index contributed by atoms with van der Waals surface area (Å²) in [5.41, 5.74) is 0. The van der Waals surface area contributed by atoms with Crippen LogP contribution in [0.15, 0.2) is 0 Å². The molecule has 0 aliphatic rings. The number of hydrogen-bond acceptors (Lipinski definition) is 3. The van der Waals surface area contributed by atoms with Gasteiger partial charge in [-0.25, -0.2) is 4.79 Å². The molecule has 0 aliphatic carbocycles. The Balaban J connectivity index is 3.11. The Hall–Kier alpha value is -0.810. The van der Waals surface area contributed by atoms with E-state index in [0.717, 1.165) is 39.0 Å². The first kappa shape index (κ1) is 13.2. The first-order valence-corrected chi connectivity index (χ1v) is 5.12. The van der Waals surface area contributed by atoms with Gasteiger partial charge in [-0.15, -0.1) is 0 Å². The van der Waals surface area contributed by atoms with Gasteiger partial charge in [0.05, 0.1) is 0 Å². The van der Waals surface area contributed by atoms with E-state index in [0.29, 0.717) is 0 Å². The minimum atomic E-state index is -0.0720. The van der Waals surface area contributed by atoms with E-state index in [4.69, 9.17) is 0 Å². The van der Waals surface area contributed by atoms with Gasteiger partial charge in [-0.3, -0.25) is 0 Å². The highest BCUT2D eigenvalue weighted by molar-refractivity contribution is 5.73. The topological polar surface area (TPSA) is 65.2 Å². The van der Waals surface area contributed by atoms with E-state index in [-0.39, 0.29) is 6.03 Å². The molecule has 0 bridgehead atoms. The SMILES string of the molecule is CNCCCNC(=O)NCCCNC. The van der Waals surface area contributed by atoms with Gasteiger partial charge >= 0.3 is 6.03 Å². The summed E-state index contributed by atoms with van der Waals surface area (Å²) in [4.78, 5) is 11.1. The third-order valence-corrected chi connectivity index (χ3v) is 1.78. The molecular formula is C9H22N4O. The fraction of sp³-hybridized carbons (Fsp3) is 0.889. The molecule has 5 nitrogen and oxygen atoms in total. The van der Waals surface area contributed by atoms with Crippen molar-refractivity contribution in [3.8, 4) is 0 Å². The van der Waals surface area contributed by atoms with Crippen molar-refractivity contribution < 1.29 is 4.79 Å². The largest absolute Gasteiger partial charge is 0.338 e. The second-order valence-corrected chi connectivity index (χ2v) is 3.10. The number of rotatable bonds is 8. The minimum absolute atomic E-state index is 0.0720. The molecule has 0 unspecified atom stereocenters. The van der Waals surface area contributed by atoms with Gasteiger partial charge in [0.25, 0.3) is 0 Å². The van der Waals surface area contributed by atoms with Gasteiger partial charge in [0.2, 0.25) is 0 Å². The Bertz CT molecular complexity index is 127. The van der Waals surface area contributed by atoms with E-state index in [2.05, 4.69) is 21.3 Å². The maximum absolute atomic E-state index is 11.1. The first-order valence-electron chi connectivity index (χ1n) is 5.12. The summed E-state index contributed by atoms with van der Waals surface area (Å²) in [7, 11) is 3.80. The summed E-state index contributed by atoms with van der Waals surface area (Å²) in [5, 5.41) is 11.6. The number of urea groups is 1. The smallest absolute Gasteiger partial charge is 0.314 e. The zero-order valence-corrected chi connectivity index (χ0v) is 9.15. The van der Waals surface area contributed by atoms with Crippen molar-refractivity contribution in [1.82, 2.24) is 21.3 Å². The highest BCUT2D eigenvalue weighted by atomic mass is 16.2. The van der Waals surface area contributed by atoms with Crippen LogP contribution in [0.3, 0.4) is 0 Å². The summed E-state index contributed by atoms with van der Waals surface area (Å²) in [6, 6.07) is -0.0720. The van der Waals surface area contributed by atoms with Crippen LogP contribution in [-0.2, 0) is 0 Å². The summed E-state index contributed by atoms with van der Waals surface area (Å²) < 4.78 is 0. The number of nitrogens with one attached hydrogen (secondary N) is 4. The first-order chi connectivity index (χ1) is 6.81. The molecule has 0 spiro atoms. The maximum Gasteiger partial charge on any atom is 0.314 e. The van der Waals surface area contributed by atoms with Crippen LogP contribution in [0.5, 0.6) is 0 Å². The molecule has 14 heavy (non-hydrogen) atoms. The third-order valence-electron chi connectivity index (χ3n) is 1.78. The molecule has 0 saturated carbocycles. The van der Waals surface area contributed by atoms with Gasteiger partial charge in [0, 0.05) is 13.1 Å². The summed E-state index contributed by atoms with van der Waals surface area (Å²) >= 11 is 0. The van der Waals surface area contributed by atoms with E-state index in [1.807, 2.05) is 14.1 Å². The van der Waals surface area contributed by atoms with Crippen LogP contribution >= 0.6 is 0 Å². The molecular weight excluding hydrogens is 180 g/mol. The summed E-state index contributed by atoms with van der Waals surface area (Å²) in [6.45, 7) is 3.30. The summed E-state index contributed by atoms with van der Waals surface area (Å²) in [6.07, 6.45) is 1.92. The van der Waals surface area contributed by atoms with Gasteiger partial charge in [-0.1, -0.05) is 0 Å². The van der Waals surface area contributed by atoms with Crippen molar-refractivity contribution in [2.45, 2.75) is 12.8 Å². The lowest BCUT2D eigenvalue weighted by Gasteiger charge is -2.06. The van der Waals surface area contributed by atoms with E-state index < -0.39 is 0 Å². The monoisotopic (exact) mass is 202 g/mol. The maximum atomic E-state index is 11.1. The average molecular weight is 202 g/mol. The van der Waals surface area contributed by atoms with Crippen LogP contribution < -0.4 is 21.3 Å². The van der Waals surface area contributed by atoms with Gasteiger partial charge in [-0.05, 0) is 40.0 Å². The van der Waals surface area contributed by atoms with Crippen LogP contribution in [0, 0.1) is 0 Å². The predicted molar refractivity (Wildman–Crippen MR) is 58.5 cm³/mol. The molecule has 2 amide bonds. The fourth-order valence-electron chi connectivity index (χ4n) is 0.997. The van der Waals surface area contributed by atoms with Crippen molar-refractivity contribution in [3.05, 3.63) is 0 Å². The molecule has 84 valence electrons. The van der Waals surface area contributed by atoms with Crippen molar-refractivity contribution in [2.24, 2.45) is 0 Å². The van der Waals surface area contributed by atoms with Crippen LogP contribution in [0.1, 0.15) is 12.8 Å². The Morgan fingerprint density at radius 3 is 1.64 bits per heavy atom. The standard InChI is InChI=1S/C9H22N4O/c1-10-5-3-7-12-9(14)13-8-4-6-11-2/h10-11H,3-8H2,1-2H3,(H2,12,13,14). The number of amides is 2. The van der Waals surface area contributed by atoms with Crippen molar-refractivity contribution in [2.75, 3.05) is 40.3 Å². The Kier molecular flexibility index (Phi) is 9.68. The molecule has 5 heteroatoms. The Labute approximate surface area is 86.0 Å². The molecule has 0 aromatic rings. The van der Waals surface area contributed by atoms with E-state index >= 15 is 0 Å². The second kappa shape index (κ2) is 10.3. The van der Waals surface area contributed by atoms with Crippen LogP contribution in [0.2, 0.25) is 0 Å². The zero-order valence-electron chi connectivity index (χ0n) is 9.15. The fourth-order valence-corrected chi connectivity index (χ4v) is 0.997. The highest BCUT2D eigenvalue weighted by Gasteiger charge is 1.96. The lowest BCUT2D eigenvalue weighted by atomic mass is 10.4. The molecule has 0 fully saturated rings. The predicted octanol–water partition coefficient (Wildman–Crippen LogP) is -0.495. The van der Waals surface area contributed by atoms with Crippen molar-refractivity contribution in [3.63, 3.8) is 0 Å². The molecule has 0 aromatic heterocycles. The molecule has 0 aliphatic heterocycles. The number of carbonyl (C=O) groups is 1. The molecule has 0 rings (SSSR count). The number of carbonyl (C=O) groups excluding carboxylic acids is 1. The molecule has 4 N–H and O–H groups in total. The minimum Gasteiger partial charge on any atom is -0.338 e. The van der Waals surface area contributed by atoms with Crippen molar-refractivity contribution >= 4 is 6.03 Å². The van der Waals surface area contributed by atoms with Crippen LogP contribution in [0.4, 0.5) is 4.79 Å². The molecule has 0 radical (unpaired) electrons. The number of hydrogen-bond donors (Lipinski definition) is 4. The van der Waals surface area contributed by atoms with Gasteiger partial charge in [0.15, 0.2) is 0 Å². The molecule has 0 saturated heterocycles. The van der Waals surface area contributed by atoms with Crippen molar-refractivity contribution in [1.29, 1.82) is 0 Å². The molecule has 0 aromatic carbocycles. The highest BCUT2D eigenvalue weighted by Crippen LogP contribution is 1.75. The lowest BCUT2D eigenvalue weighted by molar-refractivity contribution is 0.240. The van der Waals surface area contributed by atoms with E-state index in [1.54, 1.807) is 0 Å². The lowest BCUT2D eigenvalue weighted by Crippen LogP contribution is -2.37.